The fourth-order valence-electron chi connectivity index (χ4n) is 2.00. The zero-order chi connectivity index (χ0) is 14.5. The summed E-state index contributed by atoms with van der Waals surface area (Å²) in [6.07, 6.45) is 5.22. The first-order valence-corrected chi connectivity index (χ1v) is 6.63. The summed E-state index contributed by atoms with van der Waals surface area (Å²) < 4.78 is 7.20. The highest BCUT2D eigenvalue weighted by Crippen LogP contribution is 2.24. The van der Waals surface area contributed by atoms with Crippen LogP contribution in [0.15, 0.2) is 23.5 Å². The van der Waals surface area contributed by atoms with Gasteiger partial charge in [0.2, 0.25) is 0 Å². The third-order valence-corrected chi connectivity index (χ3v) is 3.08. The van der Waals surface area contributed by atoms with Gasteiger partial charge in [-0.3, -0.25) is 9.67 Å². The number of pyridine rings is 1. The number of nitrogens with zero attached hydrogens (tertiary/aromatic N) is 4. The molecule has 0 saturated carbocycles. The zero-order valence-corrected chi connectivity index (χ0v) is 12.5. The van der Waals surface area contributed by atoms with Crippen molar-refractivity contribution in [3.05, 3.63) is 35.3 Å². The van der Waals surface area contributed by atoms with Gasteiger partial charge in [-0.2, -0.15) is 5.10 Å². The third-order valence-electron chi connectivity index (χ3n) is 2.96. The Labute approximate surface area is 123 Å². The van der Waals surface area contributed by atoms with Gasteiger partial charge in [0.15, 0.2) is 5.82 Å². The van der Waals surface area contributed by atoms with Gasteiger partial charge in [0.25, 0.3) is 0 Å². The Hall–Kier alpha value is -2.08. The van der Waals surface area contributed by atoms with Gasteiger partial charge in [-0.15, -0.1) is 0 Å². The lowest BCUT2D eigenvalue weighted by atomic mass is 10.1. The van der Waals surface area contributed by atoms with Crippen LogP contribution in [0.2, 0.25) is 0 Å². The van der Waals surface area contributed by atoms with Crippen LogP contribution in [0.3, 0.4) is 0 Å². The second kappa shape index (κ2) is 6.38. The number of aryl methyl sites for hydroxylation is 1. The Morgan fingerprint density at radius 2 is 2.25 bits per heavy atom. The lowest BCUT2D eigenvalue weighted by molar-refractivity contribution is 0.406. The van der Waals surface area contributed by atoms with E-state index in [9.17, 15) is 0 Å². The number of hydrogen-bond donors (Lipinski definition) is 0. The maximum Gasteiger partial charge on any atom is 0.173 e. The quantitative estimate of drug-likeness (QED) is 0.627. The number of hydrogen-bond acceptors (Lipinski definition) is 5. The molecule has 6 heteroatoms. The average Bonchev–Trinajstić information content (AvgIpc) is 2.88. The second-order valence-electron chi connectivity index (χ2n) is 4.33. The molecule has 0 unspecified atom stereocenters. The minimum atomic E-state index is 0.579. The van der Waals surface area contributed by atoms with E-state index >= 15 is 0 Å². The van der Waals surface area contributed by atoms with E-state index < -0.39 is 0 Å². The van der Waals surface area contributed by atoms with Crippen molar-refractivity contribution in [2.24, 2.45) is 4.99 Å². The number of rotatable bonds is 5. The monoisotopic (exact) mass is 288 g/mol. The summed E-state index contributed by atoms with van der Waals surface area (Å²) in [4.78, 5) is 8.55. The molecule has 0 spiro atoms. The molecule has 0 fully saturated rings. The van der Waals surface area contributed by atoms with E-state index in [1.165, 1.54) is 5.37 Å². The molecule has 104 valence electrons. The maximum atomic E-state index is 5.40. The predicted octanol–water partition coefficient (Wildman–Crippen LogP) is 2.65. The molecule has 2 heterocycles. The molecule has 0 bridgehead atoms. The van der Waals surface area contributed by atoms with E-state index in [4.69, 9.17) is 4.74 Å². The molecule has 2 aromatic rings. The third kappa shape index (κ3) is 3.08. The highest BCUT2D eigenvalue weighted by atomic mass is 32.1. The standard InChI is InChI=1S/C14H16N4OS/c1-10-8-16-12(11(2)14(10)19-3)9-18-6-4-13(17-18)15-5-7-20/h4-8H,9H2,1-3H3. The lowest BCUT2D eigenvalue weighted by Gasteiger charge is -2.12. The van der Waals surface area contributed by atoms with Gasteiger partial charge in [0.05, 0.1) is 19.3 Å². The normalized spacial score (nSPS) is 10.9. The van der Waals surface area contributed by atoms with Crippen molar-refractivity contribution in [2.45, 2.75) is 20.4 Å². The van der Waals surface area contributed by atoms with Gasteiger partial charge in [-0.1, -0.05) is 12.2 Å². The average molecular weight is 288 g/mol. The van der Waals surface area contributed by atoms with Crippen LogP contribution in [0.1, 0.15) is 16.8 Å². The topological polar surface area (TPSA) is 52.3 Å². The molecular weight excluding hydrogens is 272 g/mol. The van der Waals surface area contributed by atoms with Crippen molar-refractivity contribution in [3.63, 3.8) is 0 Å². The minimum absolute atomic E-state index is 0.579. The molecule has 2 aromatic heterocycles. The first-order valence-electron chi connectivity index (χ1n) is 6.16. The van der Waals surface area contributed by atoms with E-state index in [0.29, 0.717) is 12.4 Å². The van der Waals surface area contributed by atoms with Crippen molar-refractivity contribution in [1.29, 1.82) is 0 Å². The first kappa shape index (κ1) is 14.3. The van der Waals surface area contributed by atoms with E-state index in [1.807, 2.05) is 32.3 Å². The zero-order valence-electron chi connectivity index (χ0n) is 11.7. The van der Waals surface area contributed by atoms with Gasteiger partial charge in [0.1, 0.15) is 5.75 Å². The molecule has 20 heavy (non-hydrogen) atoms. The van der Waals surface area contributed by atoms with Crippen LogP contribution in [-0.4, -0.2) is 33.5 Å². The van der Waals surface area contributed by atoms with E-state index in [0.717, 1.165) is 22.6 Å². The summed E-state index contributed by atoms with van der Waals surface area (Å²) in [5.74, 6) is 1.50. The van der Waals surface area contributed by atoms with Gasteiger partial charge >= 0.3 is 0 Å². The number of aliphatic imine (C=N–C) groups is 1. The van der Waals surface area contributed by atoms with Gasteiger partial charge in [-0.25, -0.2) is 4.99 Å². The predicted molar refractivity (Wildman–Crippen MR) is 83.4 cm³/mol. The number of methoxy groups -OCH3 is 1. The molecule has 0 radical (unpaired) electrons. The summed E-state index contributed by atoms with van der Waals surface area (Å²) in [6.45, 7) is 4.56. The molecule has 2 rings (SSSR count). The molecule has 0 amide bonds. The Morgan fingerprint density at radius 1 is 1.45 bits per heavy atom. The molecule has 0 saturated heterocycles. The van der Waals surface area contributed by atoms with Gasteiger partial charge in [0, 0.05) is 41.2 Å². The van der Waals surface area contributed by atoms with E-state index in [2.05, 4.69) is 27.3 Å². The SMILES string of the molecule is COc1c(C)cnc(Cn2ccc(N=CC=S)n2)c1C. The second-order valence-corrected chi connectivity index (χ2v) is 4.60. The summed E-state index contributed by atoms with van der Waals surface area (Å²) in [5, 5.41) is 5.79. The lowest BCUT2D eigenvalue weighted by Crippen LogP contribution is -2.06. The van der Waals surface area contributed by atoms with Gasteiger partial charge in [-0.05, 0) is 13.8 Å². The summed E-state index contributed by atoms with van der Waals surface area (Å²) in [5.41, 5.74) is 2.99. The number of ether oxygens (including phenoxy) is 1. The van der Waals surface area contributed by atoms with Crippen LogP contribution in [0.4, 0.5) is 5.82 Å². The minimum Gasteiger partial charge on any atom is -0.496 e. The Kier molecular flexibility index (Phi) is 4.57. The molecule has 5 nitrogen and oxygen atoms in total. The Bertz CT molecular complexity index is 649. The highest BCUT2D eigenvalue weighted by molar-refractivity contribution is 7.80. The molecule has 0 aliphatic carbocycles. The Balaban J connectivity index is 2.24. The van der Waals surface area contributed by atoms with Crippen LogP contribution in [-0.2, 0) is 6.54 Å². The first-order chi connectivity index (χ1) is 9.65. The van der Waals surface area contributed by atoms with Crippen molar-refractivity contribution in [3.8, 4) is 5.75 Å². The molecule has 0 N–H and O–H groups in total. The van der Waals surface area contributed by atoms with Crippen molar-refractivity contribution in [2.75, 3.05) is 7.11 Å². The smallest absolute Gasteiger partial charge is 0.173 e. The number of aromatic nitrogens is 3. The van der Waals surface area contributed by atoms with Crippen LogP contribution in [0.5, 0.6) is 5.75 Å². The van der Waals surface area contributed by atoms with Crippen molar-refractivity contribution >= 4 is 29.6 Å². The molecule has 0 aliphatic heterocycles. The van der Waals surface area contributed by atoms with Crippen LogP contribution in [0.25, 0.3) is 0 Å². The molecule has 0 atom stereocenters. The van der Waals surface area contributed by atoms with Crippen LogP contribution >= 0.6 is 12.2 Å². The van der Waals surface area contributed by atoms with E-state index in [1.54, 1.807) is 18.0 Å². The number of thiocarbonyl (C=S) groups is 1. The summed E-state index contributed by atoms with van der Waals surface area (Å²) in [6, 6.07) is 1.83. The van der Waals surface area contributed by atoms with Crippen LogP contribution in [0, 0.1) is 13.8 Å². The highest BCUT2D eigenvalue weighted by Gasteiger charge is 2.10. The Morgan fingerprint density at radius 3 is 2.95 bits per heavy atom. The van der Waals surface area contributed by atoms with Crippen molar-refractivity contribution < 1.29 is 4.74 Å². The molecular formula is C14H16N4OS. The largest absolute Gasteiger partial charge is 0.496 e. The summed E-state index contributed by atoms with van der Waals surface area (Å²) >= 11 is 4.69. The van der Waals surface area contributed by atoms with E-state index in [-0.39, 0.29) is 0 Å². The fraction of sp³-hybridized carbons (Fsp3) is 0.286. The van der Waals surface area contributed by atoms with Gasteiger partial charge < -0.3 is 4.74 Å². The molecule has 0 aromatic carbocycles. The van der Waals surface area contributed by atoms with Crippen molar-refractivity contribution in [1.82, 2.24) is 14.8 Å². The van der Waals surface area contributed by atoms with Crippen LogP contribution < -0.4 is 4.74 Å². The summed E-state index contributed by atoms with van der Waals surface area (Å²) in [7, 11) is 1.67. The maximum absolute atomic E-state index is 5.40. The fourth-order valence-corrected chi connectivity index (χ4v) is 2.06. The molecule has 0 aliphatic rings.